The zero-order valence-corrected chi connectivity index (χ0v) is 13.8. The van der Waals surface area contributed by atoms with E-state index in [-0.39, 0.29) is 11.8 Å². The van der Waals surface area contributed by atoms with Crippen LogP contribution in [0.15, 0.2) is 18.2 Å². The van der Waals surface area contributed by atoms with E-state index in [0.29, 0.717) is 19.0 Å². The van der Waals surface area contributed by atoms with E-state index in [9.17, 15) is 9.59 Å². The maximum absolute atomic E-state index is 12.1. The Morgan fingerprint density at radius 2 is 1.91 bits per heavy atom. The van der Waals surface area contributed by atoms with Gasteiger partial charge in [0.2, 0.25) is 11.8 Å². The van der Waals surface area contributed by atoms with Gasteiger partial charge >= 0.3 is 0 Å². The monoisotopic (exact) mass is 302 g/mol. The van der Waals surface area contributed by atoms with Crippen molar-refractivity contribution in [1.82, 2.24) is 5.32 Å². The molecule has 0 unspecified atom stereocenters. The number of aryl methyl sites for hydroxylation is 1. The molecule has 4 nitrogen and oxygen atoms in total. The summed E-state index contributed by atoms with van der Waals surface area (Å²) in [6.07, 6.45) is 4.92. The lowest BCUT2D eigenvalue weighted by Crippen LogP contribution is -2.37. The van der Waals surface area contributed by atoms with Crippen LogP contribution in [0, 0.1) is 13.8 Å². The summed E-state index contributed by atoms with van der Waals surface area (Å²) in [7, 11) is 0. The predicted molar refractivity (Wildman–Crippen MR) is 89.0 cm³/mol. The molecule has 0 aliphatic heterocycles. The topological polar surface area (TPSA) is 49.4 Å². The lowest BCUT2D eigenvalue weighted by Gasteiger charge is -2.24. The summed E-state index contributed by atoms with van der Waals surface area (Å²) in [5, 5.41) is 3.07. The van der Waals surface area contributed by atoms with Crippen molar-refractivity contribution in [3.05, 3.63) is 29.3 Å². The molecule has 0 radical (unpaired) electrons. The number of nitrogens with one attached hydrogen (secondary N) is 1. The van der Waals surface area contributed by atoms with Crippen molar-refractivity contribution >= 4 is 17.5 Å². The molecular formula is C18H26N2O2. The first-order chi connectivity index (χ1) is 10.5. The molecule has 120 valence electrons. The second-order valence-corrected chi connectivity index (χ2v) is 6.19. The van der Waals surface area contributed by atoms with Crippen LogP contribution in [0.5, 0.6) is 0 Å². The highest BCUT2D eigenvalue weighted by molar-refractivity contribution is 5.93. The van der Waals surface area contributed by atoms with Crippen LogP contribution >= 0.6 is 0 Å². The van der Waals surface area contributed by atoms with E-state index in [1.165, 1.54) is 12.8 Å². The number of carbonyl (C=O) groups is 2. The van der Waals surface area contributed by atoms with Crippen LogP contribution in [0.3, 0.4) is 0 Å². The van der Waals surface area contributed by atoms with Crippen molar-refractivity contribution in [2.45, 2.75) is 58.9 Å². The van der Waals surface area contributed by atoms with Crippen molar-refractivity contribution in [3.63, 3.8) is 0 Å². The smallest absolute Gasteiger partial charge is 0.223 e. The van der Waals surface area contributed by atoms with E-state index >= 15 is 0 Å². The molecule has 1 aliphatic carbocycles. The lowest BCUT2D eigenvalue weighted by atomic mass is 10.1. The SMILES string of the molecule is CC(=O)N(CCC(=O)NC1CCCC1)c1cccc(C)c1C. The predicted octanol–water partition coefficient (Wildman–Crippen LogP) is 3.11. The third kappa shape index (κ3) is 4.09. The van der Waals surface area contributed by atoms with Crippen molar-refractivity contribution in [2.75, 3.05) is 11.4 Å². The first-order valence-corrected chi connectivity index (χ1v) is 8.12. The van der Waals surface area contributed by atoms with Gasteiger partial charge in [0, 0.05) is 31.6 Å². The molecule has 1 fully saturated rings. The largest absolute Gasteiger partial charge is 0.353 e. The van der Waals surface area contributed by atoms with E-state index in [0.717, 1.165) is 29.7 Å². The number of hydrogen-bond donors (Lipinski definition) is 1. The molecule has 0 spiro atoms. The summed E-state index contributed by atoms with van der Waals surface area (Å²) in [6, 6.07) is 6.26. The molecule has 2 amide bonds. The second kappa shape index (κ2) is 7.43. The van der Waals surface area contributed by atoms with Crippen molar-refractivity contribution in [3.8, 4) is 0 Å². The van der Waals surface area contributed by atoms with Gasteiger partial charge in [-0.2, -0.15) is 0 Å². The van der Waals surface area contributed by atoms with Crippen molar-refractivity contribution < 1.29 is 9.59 Å². The molecule has 0 saturated heterocycles. The zero-order valence-electron chi connectivity index (χ0n) is 13.8. The Labute approximate surface area is 132 Å². The maximum atomic E-state index is 12.1. The van der Waals surface area contributed by atoms with Gasteiger partial charge in [0.15, 0.2) is 0 Å². The molecule has 1 aromatic rings. The summed E-state index contributed by atoms with van der Waals surface area (Å²) < 4.78 is 0. The second-order valence-electron chi connectivity index (χ2n) is 6.19. The van der Waals surface area contributed by atoms with Gasteiger partial charge in [0.05, 0.1) is 0 Å². The molecule has 0 aromatic heterocycles. The Kier molecular flexibility index (Phi) is 5.58. The quantitative estimate of drug-likeness (QED) is 0.908. The van der Waals surface area contributed by atoms with E-state index in [1.54, 1.807) is 11.8 Å². The molecule has 4 heteroatoms. The standard InChI is InChI=1S/C18H26N2O2/c1-13-7-6-10-17(14(13)2)20(15(3)21)12-11-18(22)19-16-8-4-5-9-16/h6-7,10,16H,4-5,8-9,11-12H2,1-3H3,(H,19,22). The summed E-state index contributed by atoms with van der Waals surface area (Å²) in [5.41, 5.74) is 3.15. The highest BCUT2D eigenvalue weighted by Gasteiger charge is 2.19. The van der Waals surface area contributed by atoms with Gasteiger partial charge in [-0.15, -0.1) is 0 Å². The number of nitrogens with zero attached hydrogens (tertiary/aromatic N) is 1. The highest BCUT2D eigenvalue weighted by Crippen LogP contribution is 2.23. The number of benzene rings is 1. The number of rotatable bonds is 5. The molecular weight excluding hydrogens is 276 g/mol. The fourth-order valence-electron chi connectivity index (χ4n) is 3.06. The molecule has 1 N–H and O–H groups in total. The minimum absolute atomic E-state index is 0.0256. The summed E-state index contributed by atoms with van der Waals surface area (Å²) in [5.74, 6) is 0.0193. The Bertz CT molecular complexity index is 548. The van der Waals surface area contributed by atoms with E-state index in [1.807, 2.05) is 32.0 Å². The Balaban J connectivity index is 1.98. The van der Waals surface area contributed by atoms with Gasteiger partial charge in [0.25, 0.3) is 0 Å². The minimum atomic E-state index is -0.0256. The van der Waals surface area contributed by atoms with Crippen LogP contribution in [-0.2, 0) is 9.59 Å². The van der Waals surface area contributed by atoms with Gasteiger partial charge in [0.1, 0.15) is 0 Å². The summed E-state index contributed by atoms with van der Waals surface area (Å²) in [6.45, 7) is 6.03. The van der Waals surface area contributed by atoms with Crippen LogP contribution in [0.4, 0.5) is 5.69 Å². The molecule has 0 atom stereocenters. The highest BCUT2D eigenvalue weighted by atomic mass is 16.2. The van der Waals surface area contributed by atoms with Gasteiger partial charge in [-0.25, -0.2) is 0 Å². The maximum Gasteiger partial charge on any atom is 0.223 e. The van der Waals surface area contributed by atoms with E-state index in [2.05, 4.69) is 5.32 Å². The molecule has 1 aromatic carbocycles. The van der Waals surface area contributed by atoms with Crippen molar-refractivity contribution in [1.29, 1.82) is 0 Å². The molecule has 1 aliphatic rings. The lowest BCUT2D eigenvalue weighted by molar-refractivity contribution is -0.121. The fourth-order valence-corrected chi connectivity index (χ4v) is 3.06. The zero-order chi connectivity index (χ0) is 16.1. The van der Waals surface area contributed by atoms with Crippen LogP contribution in [-0.4, -0.2) is 24.4 Å². The van der Waals surface area contributed by atoms with Gasteiger partial charge in [-0.1, -0.05) is 25.0 Å². The summed E-state index contributed by atoms with van der Waals surface area (Å²) in [4.78, 5) is 25.7. The average Bonchev–Trinajstić information content (AvgIpc) is 2.96. The van der Waals surface area contributed by atoms with Crippen molar-refractivity contribution in [2.24, 2.45) is 0 Å². The first kappa shape index (κ1) is 16.5. The van der Waals surface area contributed by atoms with E-state index in [4.69, 9.17) is 0 Å². The van der Waals surface area contributed by atoms with Crippen LogP contribution in [0.1, 0.15) is 50.2 Å². The van der Waals surface area contributed by atoms with Gasteiger partial charge in [-0.3, -0.25) is 9.59 Å². The third-order valence-electron chi connectivity index (χ3n) is 4.53. The molecule has 2 rings (SSSR count). The molecule has 1 saturated carbocycles. The molecule has 0 heterocycles. The molecule has 0 bridgehead atoms. The van der Waals surface area contributed by atoms with E-state index < -0.39 is 0 Å². The molecule has 22 heavy (non-hydrogen) atoms. The number of hydrogen-bond acceptors (Lipinski definition) is 2. The number of amides is 2. The van der Waals surface area contributed by atoms with Gasteiger partial charge < -0.3 is 10.2 Å². The Morgan fingerprint density at radius 3 is 2.55 bits per heavy atom. The van der Waals surface area contributed by atoms with Gasteiger partial charge in [-0.05, 0) is 43.9 Å². The van der Waals surface area contributed by atoms with Crippen LogP contribution in [0.25, 0.3) is 0 Å². The normalized spacial score (nSPS) is 14.9. The Hall–Kier alpha value is -1.84. The fraction of sp³-hybridized carbons (Fsp3) is 0.556. The number of carbonyl (C=O) groups excluding carboxylic acids is 2. The van der Waals surface area contributed by atoms with Crippen LogP contribution < -0.4 is 10.2 Å². The average molecular weight is 302 g/mol. The third-order valence-corrected chi connectivity index (χ3v) is 4.53. The van der Waals surface area contributed by atoms with Crippen LogP contribution in [0.2, 0.25) is 0 Å². The first-order valence-electron chi connectivity index (χ1n) is 8.12. The minimum Gasteiger partial charge on any atom is -0.353 e. The Morgan fingerprint density at radius 1 is 1.23 bits per heavy atom. The summed E-state index contributed by atoms with van der Waals surface area (Å²) >= 11 is 0. The number of anilines is 1.